The summed E-state index contributed by atoms with van der Waals surface area (Å²) in [6.45, 7) is 3.66. The molecule has 1 aromatic rings. The standard InChI is InChI=1S/C22H29N5O5/c28-19(25-21-23-7-2-8-24-21)3-1-9-26-10-11-27(22(26)31)14-17(20(29)30)16-5-4-15-6-12-32-18(15)13-16/h4-5,13,17H,1-3,6-12,14H2,(H,29,30)(H2,23,24,25,28). The SMILES string of the molecule is O=C(CCCN1CCN(CC(C(=O)O)c2ccc3c(c2)OCC3)C1=O)NC1=NCCCN1. The van der Waals surface area contributed by atoms with Crippen molar-refractivity contribution < 1.29 is 24.2 Å². The first kappa shape index (κ1) is 21.9. The topological polar surface area (TPSA) is 124 Å². The zero-order valence-electron chi connectivity index (χ0n) is 18.0. The fourth-order valence-corrected chi connectivity index (χ4v) is 4.20. The Balaban J connectivity index is 1.27. The van der Waals surface area contributed by atoms with E-state index in [4.69, 9.17) is 4.74 Å². The summed E-state index contributed by atoms with van der Waals surface area (Å²) in [5, 5.41) is 15.6. The number of hydrogen-bond acceptors (Lipinski definition) is 6. The maximum Gasteiger partial charge on any atom is 0.320 e. The lowest BCUT2D eigenvalue weighted by atomic mass is 9.96. The molecule has 10 heteroatoms. The molecule has 0 aromatic heterocycles. The maximum absolute atomic E-state index is 12.8. The summed E-state index contributed by atoms with van der Waals surface area (Å²) in [4.78, 5) is 44.2. The molecule has 32 heavy (non-hydrogen) atoms. The number of rotatable bonds is 8. The molecule has 0 spiro atoms. The van der Waals surface area contributed by atoms with Gasteiger partial charge in [0.25, 0.3) is 0 Å². The predicted octanol–water partition coefficient (Wildman–Crippen LogP) is 0.773. The van der Waals surface area contributed by atoms with E-state index in [2.05, 4.69) is 15.6 Å². The van der Waals surface area contributed by atoms with Gasteiger partial charge in [-0.3, -0.25) is 19.9 Å². The molecule has 172 valence electrons. The fourth-order valence-electron chi connectivity index (χ4n) is 4.20. The van der Waals surface area contributed by atoms with Crippen LogP contribution in [0.3, 0.4) is 0 Å². The Bertz CT molecular complexity index is 918. The highest BCUT2D eigenvalue weighted by Gasteiger charge is 2.33. The highest BCUT2D eigenvalue weighted by molar-refractivity contribution is 5.97. The van der Waals surface area contributed by atoms with Crippen LogP contribution in [0.25, 0.3) is 0 Å². The minimum absolute atomic E-state index is 0.107. The number of nitrogens with zero attached hydrogens (tertiary/aromatic N) is 3. The summed E-state index contributed by atoms with van der Waals surface area (Å²) in [6, 6.07) is 5.32. The van der Waals surface area contributed by atoms with Gasteiger partial charge in [0.1, 0.15) is 5.75 Å². The maximum atomic E-state index is 12.8. The number of carboxylic acids is 1. The second kappa shape index (κ2) is 9.88. The van der Waals surface area contributed by atoms with Gasteiger partial charge in [0.15, 0.2) is 5.96 Å². The quantitative estimate of drug-likeness (QED) is 0.545. The number of carbonyl (C=O) groups excluding carboxylic acids is 2. The number of aliphatic imine (C=N–C) groups is 1. The Labute approximate surface area is 186 Å². The van der Waals surface area contributed by atoms with Crippen molar-refractivity contribution in [3.8, 4) is 5.75 Å². The Morgan fingerprint density at radius 3 is 2.91 bits per heavy atom. The van der Waals surface area contributed by atoms with Crippen LogP contribution in [-0.2, 0) is 16.0 Å². The molecule has 3 heterocycles. The van der Waals surface area contributed by atoms with Gasteiger partial charge in [-0.25, -0.2) is 4.79 Å². The van der Waals surface area contributed by atoms with Crippen molar-refractivity contribution in [3.63, 3.8) is 0 Å². The first-order chi connectivity index (χ1) is 15.5. The van der Waals surface area contributed by atoms with Gasteiger partial charge in [-0.1, -0.05) is 12.1 Å². The predicted molar refractivity (Wildman–Crippen MR) is 117 cm³/mol. The monoisotopic (exact) mass is 443 g/mol. The molecule has 0 saturated carbocycles. The molecular weight excluding hydrogens is 414 g/mol. The van der Waals surface area contributed by atoms with E-state index in [1.165, 1.54) is 0 Å². The van der Waals surface area contributed by atoms with Gasteiger partial charge < -0.3 is 25.0 Å². The Hall–Kier alpha value is -3.30. The highest BCUT2D eigenvalue weighted by Crippen LogP contribution is 2.30. The molecule has 4 rings (SSSR count). The third-order valence-corrected chi connectivity index (χ3v) is 5.99. The van der Waals surface area contributed by atoms with Crippen molar-refractivity contribution >= 4 is 23.9 Å². The number of nitrogens with one attached hydrogen (secondary N) is 2. The lowest BCUT2D eigenvalue weighted by Gasteiger charge is -2.22. The van der Waals surface area contributed by atoms with E-state index in [0.29, 0.717) is 50.7 Å². The molecular formula is C22H29N5O5. The first-order valence-electron chi connectivity index (χ1n) is 11.1. The molecule has 3 amide bonds. The van der Waals surface area contributed by atoms with Crippen molar-refractivity contribution in [2.24, 2.45) is 4.99 Å². The van der Waals surface area contributed by atoms with Crippen molar-refractivity contribution in [3.05, 3.63) is 29.3 Å². The number of hydrogen-bond donors (Lipinski definition) is 3. The Kier molecular flexibility index (Phi) is 6.77. The lowest BCUT2D eigenvalue weighted by molar-refractivity contribution is -0.139. The van der Waals surface area contributed by atoms with Crippen molar-refractivity contribution in [2.45, 2.75) is 31.6 Å². The van der Waals surface area contributed by atoms with Crippen LogP contribution in [0, 0.1) is 0 Å². The molecule has 1 aromatic carbocycles. The number of benzene rings is 1. The molecule has 3 aliphatic heterocycles. The van der Waals surface area contributed by atoms with E-state index in [0.717, 1.165) is 30.7 Å². The van der Waals surface area contributed by atoms with Crippen molar-refractivity contribution in [2.75, 3.05) is 45.9 Å². The minimum Gasteiger partial charge on any atom is -0.493 e. The molecule has 0 aliphatic carbocycles. The number of fused-ring (bicyclic) bond motifs is 1. The third-order valence-electron chi connectivity index (χ3n) is 5.99. The average Bonchev–Trinajstić information content (AvgIpc) is 3.39. The Morgan fingerprint density at radius 1 is 1.28 bits per heavy atom. The van der Waals surface area contributed by atoms with Gasteiger partial charge in [-0.2, -0.15) is 0 Å². The van der Waals surface area contributed by atoms with Gasteiger partial charge in [0.2, 0.25) is 5.91 Å². The summed E-state index contributed by atoms with van der Waals surface area (Å²) in [5.41, 5.74) is 1.72. The van der Waals surface area contributed by atoms with Gasteiger partial charge in [0, 0.05) is 52.1 Å². The van der Waals surface area contributed by atoms with E-state index in [1.807, 2.05) is 12.1 Å². The van der Waals surface area contributed by atoms with Crippen LogP contribution in [-0.4, -0.2) is 84.6 Å². The fraction of sp³-hybridized carbons (Fsp3) is 0.545. The van der Waals surface area contributed by atoms with Crippen molar-refractivity contribution in [1.29, 1.82) is 0 Å². The van der Waals surface area contributed by atoms with Gasteiger partial charge in [-0.15, -0.1) is 0 Å². The van der Waals surface area contributed by atoms with Crippen LogP contribution in [0.15, 0.2) is 23.2 Å². The smallest absolute Gasteiger partial charge is 0.320 e. The zero-order chi connectivity index (χ0) is 22.5. The molecule has 1 fully saturated rings. The molecule has 0 radical (unpaired) electrons. The molecule has 0 bridgehead atoms. The molecule has 3 aliphatic rings. The minimum atomic E-state index is -0.967. The van der Waals surface area contributed by atoms with Gasteiger partial charge in [0.05, 0.1) is 12.5 Å². The van der Waals surface area contributed by atoms with E-state index in [9.17, 15) is 19.5 Å². The van der Waals surface area contributed by atoms with Gasteiger partial charge >= 0.3 is 12.0 Å². The highest BCUT2D eigenvalue weighted by atomic mass is 16.5. The largest absolute Gasteiger partial charge is 0.493 e. The number of amides is 3. The number of carbonyl (C=O) groups is 3. The van der Waals surface area contributed by atoms with Crippen LogP contribution >= 0.6 is 0 Å². The van der Waals surface area contributed by atoms with Crippen molar-refractivity contribution in [1.82, 2.24) is 20.4 Å². The summed E-state index contributed by atoms with van der Waals surface area (Å²) >= 11 is 0. The number of guanidine groups is 1. The van der Waals surface area contributed by atoms with Crippen LogP contribution in [0.2, 0.25) is 0 Å². The summed E-state index contributed by atoms with van der Waals surface area (Å²) in [5.74, 6) is -0.670. The summed E-state index contributed by atoms with van der Waals surface area (Å²) in [7, 11) is 0. The van der Waals surface area contributed by atoms with Crippen LogP contribution in [0.4, 0.5) is 4.79 Å². The molecule has 1 unspecified atom stereocenters. The number of urea groups is 1. The zero-order valence-corrected chi connectivity index (χ0v) is 18.0. The third kappa shape index (κ3) is 5.12. The van der Waals surface area contributed by atoms with E-state index in [1.54, 1.807) is 15.9 Å². The normalized spacial score (nSPS) is 18.5. The molecule has 10 nitrogen and oxygen atoms in total. The van der Waals surface area contributed by atoms with Gasteiger partial charge in [-0.05, 0) is 30.0 Å². The first-order valence-corrected chi connectivity index (χ1v) is 11.1. The summed E-state index contributed by atoms with van der Waals surface area (Å²) in [6.07, 6.45) is 2.60. The number of carboxylic acid groups (broad SMARTS) is 1. The second-order valence-corrected chi connectivity index (χ2v) is 8.23. The molecule has 1 saturated heterocycles. The molecule has 3 N–H and O–H groups in total. The van der Waals surface area contributed by atoms with E-state index < -0.39 is 11.9 Å². The van der Waals surface area contributed by atoms with Crippen LogP contribution < -0.4 is 15.4 Å². The van der Waals surface area contributed by atoms with E-state index in [-0.39, 0.29) is 24.9 Å². The molecule has 1 atom stereocenters. The average molecular weight is 444 g/mol. The van der Waals surface area contributed by atoms with Crippen LogP contribution in [0.5, 0.6) is 5.75 Å². The van der Waals surface area contributed by atoms with Crippen LogP contribution in [0.1, 0.15) is 36.3 Å². The number of aliphatic carboxylic acids is 1. The summed E-state index contributed by atoms with van der Waals surface area (Å²) < 4.78 is 5.56. The Morgan fingerprint density at radius 2 is 2.12 bits per heavy atom. The van der Waals surface area contributed by atoms with E-state index >= 15 is 0 Å². The lowest BCUT2D eigenvalue weighted by Crippen LogP contribution is -2.43. The second-order valence-electron chi connectivity index (χ2n) is 8.23. The number of ether oxygens (including phenoxy) is 1.